The van der Waals surface area contributed by atoms with Gasteiger partial charge in [0.1, 0.15) is 11.5 Å². The SMILES string of the molecule is C[C@@H](NC(=O)[C@H]1CCO[C@@H]1c1cnn(-c2ccccc2F)c1)c1cccnc1. The summed E-state index contributed by atoms with van der Waals surface area (Å²) in [6.07, 6.45) is 7.02. The number of rotatable bonds is 5. The van der Waals surface area contributed by atoms with Gasteiger partial charge in [-0.1, -0.05) is 18.2 Å². The van der Waals surface area contributed by atoms with Crippen molar-refractivity contribution < 1.29 is 13.9 Å². The first kappa shape index (κ1) is 18.3. The summed E-state index contributed by atoms with van der Waals surface area (Å²) in [6.45, 7) is 2.42. The largest absolute Gasteiger partial charge is 0.373 e. The van der Waals surface area contributed by atoms with E-state index in [1.165, 1.54) is 10.7 Å². The summed E-state index contributed by atoms with van der Waals surface area (Å²) in [6, 6.07) is 10.0. The monoisotopic (exact) mass is 380 g/mol. The molecule has 0 saturated carbocycles. The summed E-state index contributed by atoms with van der Waals surface area (Å²) >= 11 is 0. The molecule has 4 rings (SSSR count). The van der Waals surface area contributed by atoms with Crippen LogP contribution in [0.4, 0.5) is 4.39 Å². The van der Waals surface area contributed by atoms with E-state index < -0.39 is 6.10 Å². The Morgan fingerprint density at radius 2 is 2.14 bits per heavy atom. The Hall–Kier alpha value is -3.06. The quantitative estimate of drug-likeness (QED) is 0.737. The number of ether oxygens (including phenoxy) is 1. The molecule has 1 amide bonds. The highest BCUT2D eigenvalue weighted by Gasteiger charge is 2.36. The summed E-state index contributed by atoms with van der Waals surface area (Å²) in [7, 11) is 0. The fourth-order valence-corrected chi connectivity index (χ4v) is 3.48. The van der Waals surface area contributed by atoms with Gasteiger partial charge in [0.2, 0.25) is 5.91 Å². The van der Waals surface area contributed by atoms with Crippen molar-refractivity contribution in [1.82, 2.24) is 20.1 Å². The van der Waals surface area contributed by atoms with E-state index in [1.807, 2.05) is 19.1 Å². The molecule has 0 aliphatic carbocycles. The van der Waals surface area contributed by atoms with Crippen LogP contribution in [-0.2, 0) is 9.53 Å². The van der Waals surface area contributed by atoms with Gasteiger partial charge in [0, 0.05) is 30.8 Å². The molecule has 28 heavy (non-hydrogen) atoms. The van der Waals surface area contributed by atoms with Gasteiger partial charge >= 0.3 is 0 Å². The number of aromatic nitrogens is 3. The molecule has 0 unspecified atom stereocenters. The molecule has 7 heteroatoms. The van der Waals surface area contributed by atoms with Gasteiger partial charge < -0.3 is 10.1 Å². The first-order valence-electron chi connectivity index (χ1n) is 9.25. The lowest BCUT2D eigenvalue weighted by Crippen LogP contribution is -2.34. The molecule has 1 aliphatic heterocycles. The van der Waals surface area contributed by atoms with Gasteiger partial charge in [-0.25, -0.2) is 9.07 Å². The van der Waals surface area contributed by atoms with Gasteiger partial charge in [-0.2, -0.15) is 5.10 Å². The van der Waals surface area contributed by atoms with E-state index in [-0.39, 0.29) is 23.7 Å². The maximum Gasteiger partial charge on any atom is 0.226 e. The van der Waals surface area contributed by atoms with E-state index in [0.29, 0.717) is 18.7 Å². The Balaban J connectivity index is 1.49. The van der Waals surface area contributed by atoms with E-state index in [0.717, 1.165) is 11.1 Å². The normalized spacial score (nSPS) is 20.1. The molecule has 0 spiro atoms. The van der Waals surface area contributed by atoms with Crippen molar-refractivity contribution in [3.8, 4) is 5.69 Å². The second kappa shape index (κ2) is 7.90. The number of nitrogens with zero attached hydrogens (tertiary/aromatic N) is 3. The van der Waals surface area contributed by atoms with Crippen LogP contribution >= 0.6 is 0 Å². The summed E-state index contributed by atoms with van der Waals surface area (Å²) < 4.78 is 21.3. The van der Waals surface area contributed by atoms with Crippen molar-refractivity contribution in [3.05, 3.63) is 78.1 Å². The Morgan fingerprint density at radius 1 is 1.29 bits per heavy atom. The van der Waals surface area contributed by atoms with Crippen LogP contribution in [0.1, 0.15) is 36.6 Å². The average Bonchev–Trinajstić information content (AvgIpc) is 3.38. The maximum atomic E-state index is 14.0. The molecule has 1 fully saturated rings. The van der Waals surface area contributed by atoms with E-state index in [1.54, 1.807) is 43.0 Å². The number of pyridine rings is 1. The molecule has 3 atom stereocenters. The third kappa shape index (κ3) is 3.66. The van der Waals surface area contributed by atoms with Crippen LogP contribution in [0.5, 0.6) is 0 Å². The van der Waals surface area contributed by atoms with Crippen molar-refractivity contribution >= 4 is 5.91 Å². The van der Waals surface area contributed by atoms with Crippen molar-refractivity contribution in [3.63, 3.8) is 0 Å². The predicted molar refractivity (Wildman–Crippen MR) is 101 cm³/mol. The van der Waals surface area contributed by atoms with Gasteiger partial charge in [-0.15, -0.1) is 0 Å². The van der Waals surface area contributed by atoms with Gasteiger partial charge in [-0.05, 0) is 37.1 Å². The molecule has 1 saturated heterocycles. The minimum Gasteiger partial charge on any atom is -0.373 e. The molecule has 3 aromatic rings. The van der Waals surface area contributed by atoms with E-state index >= 15 is 0 Å². The molecule has 144 valence electrons. The molecule has 0 bridgehead atoms. The van der Waals surface area contributed by atoms with Crippen LogP contribution < -0.4 is 5.32 Å². The van der Waals surface area contributed by atoms with Crippen molar-refractivity contribution in [1.29, 1.82) is 0 Å². The highest BCUT2D eigenvalue weighted by atomic mass is 19.1. The highest BCUT2D eigenvalue weighted by molar-refractivity contribution is 5.80. The molecule has 2 aromatic heterocycles. The Bertz CT molecular complexity index is 960. The highest BCUT2D eigenvalue weighted by Crippen LogP contribution is 2.35. The van der Waals surface area contributed by atoms with Crippen molar-refractivity contribution in [2.45, 2.75) is 25.5 Å². The number of hydrogen-bond donors (Lipinski definition) is 1. The van der Waals surface area contributed by atoms with E-state index in [4.69, 9.17) is 4.74 Å². The fraction of sp³-hybridized carbons (Fsp3) is 0.286. The van der Waals surface area contributed by atoms with Gasteiger partial charge in [-0.3, -0.25) is 9.78 Å². The molecule has 1 aliphatic rings. The van der Waals surface area contributed by atoms with Crippen LogP contribution in [0, 0.1) is 11.7 Å². The molecule has 1 aromatic carbocycles. The molecule has 1 N–H and O–H groups in total. The lowest BCUT2D eigenvalue weighted by molar-refractivity contribution is -0.127. The van der Waals surface area contributed by atoms with Crippen LogP contribution in [-0.4, -0.2) is 27.3 Å². The average molecular weight is 380 g/mol. The standard InChI is InChI=1S/C21H21FN4O2/c1-14(15-5-4-9-23-11-15)25-21(27)17-8-10-28-20(17)16-12-24-26(13-16)19-7-3-2-6-18(19)22/h2-7,9,11-14,17,20H,8,10H2,1H3,(H,25,27)/t14-,17+,20-/m1/s1. The van der Waals surface area contributed by atoms with Gasteiger partial charge in [0.25, 0.3) is 0 Å². The van der Waals surface area contributed by atoms with Crippen molar-refractivity contribution in [2.24, 2.45) is 5.92 Å². The zero-order valence-corrected chi connectivity index (χ0v) is 15.5. The Morgan fingerprint density at radius 3 is 2.93 bits per heavy atom. The lowest BCUT2D eigenvalue weighted by Gasteiger charge is -2.20. The van der Waals surface area contributed by atoms with Gasteiger partial charge in [0.15, 0.2) is 0 Å². The van der Waals surface area contributed by atoms with Crippen LogP contribution in [0.2, 0.25) is 0 Å². The topological polar surface area (TPSA) is 69.0 Å². The second-order valence-corrected chi connectivity index (χ2v) is 6.87. The molecule has 0 radical (unpaired) electrons. The lowest BCUT2D eigenvalue weighted by atomic mass is 9.96. The molecular weight excluding hydrogens is 359 g/mol. The summed E-state index contributed by atoms with van der Waals surface area (Å²) in [5.41, 5.74) is 2.06. The zero-order valence-electron chi connectivity index (χ0n) is 15.5. The predicted octanol–water partition coefficient (Wildman–Crippen LogP) is 3.36. The molecule has 6 nitrogen and oxygen atoms in total. The Labute approximate surface area is 162 Å². The Kier molecular flexibility index (Phi) is 5.16. The van der Waals surface area contributed by atoms with Crippen LogP contribution in [0.15, 0.2) is 61.2 Å². The number of halogens is 1. The third-order valence-electron chi connectivity index (χ3n) is 5.00. The molecule has 3 heterocycles. The fourth-order valence-electron chi connectivity index (χ4n) is 3.48. The van der Waals surface area contributed by atoms with Crippen LogP contribution in [0.25, 0.3) is 5.69 Å². The smallest absolute Gasteiger partial charge is 0.226 e. The maximum absolute atomic E-state index is 14.0. The minimum atomic E-state index is -0.401. The number of carbonyl (C=O) groups is 1. The summed E-state index contributed by atoms with van der Waals surface area (Å²) in [4.78, 5) is 16.9. The first-order chi connectivity index (χ1) is 13.6. The minimum absolute atomic E-state index is 0.0718. The number of hydrogen-bond acceptors (Lipinski definition) is 4. The number of carbonyl (C=O) groups excluding carboxylic acids is 1. The number of amides is 1. The number of nitrogens with one attached hydrogen (secondary N) is 1. The number of para-hydroxylation sites is 1. The van der Waals surface area contributed by atoms with Crippen molar-refractivity contribution in [2.75, 3.05) is 6.61 Å². The van der Waals surface area contributed by atoms with E-state index in [2.05, 4.69) is 15.4 Å². The molecular formula is C21H21FN4O2. The summed E-state index contributed by atoms with van der Waals surface area (Å²) in [5, 5.41) is 7.29. The number of benzene rings is 1. The first-order valence-corrected chi connectivity index (χ1v) is 9.25. The summed E-state index contributed by atoms with van der Waals surface area (Å²) in [5.74, 6) is -0.751. The second-order valence-electron chi connectivity index (χ2n) is 6.87. The van der Waals surface area contributed by atoms with E-state index in [9.17, 15) is 9.18 Å². The zero-order chi connectivity index (χ0) is 19.5. The van der Waals surface area contributed by atoms with Crippen LogP contribution in [0.3, 0.4) is 0 Å². The van der Waals surface area contributed by atoms with Gasteiger partial charge in [0.05, 0.1) is 24.3 Å². The third-order valence-corrected chi connectivity index (χ3v) is 5.00.